The molecule has 2 nitrogen and oxygen atoms in total. The zero-order valence-electron chi connectivity index (χ0n) is 6.76. The topological polar surface area (TPSA) is 25.2 Å². The smallest absolute Gasteiger partial charge is 0.0850 e. The average molecular weight is 146 g/mol. The van der Waals surface area contributed by atoms with E-state index in [1.165, 1.54) is 5.56 Å². The summed E-state index contributed by atoms with van der Waals surface area (Å²) in [7, 11) is 0. The molecule has 0 fully saturated rings. The Bertz CT molecular complexity index is 326. The van der Waals surface area contributed by atoms with E-state index in [-0.39, 0.29) is 0 Å². The Morgan fingerprint density at radius 3 is 3.00 bits per heavy atom. The largest absolute Gasteiger partial charge is 0.258 e. The lowest BCUT2D eigenvalue weighted by Gasteiger charge is -1.95. The first-order chi connectivity index (χ1) is 5.25. The van der Waals surface area contributed by atoms with Gasteiger partial charge in [0.05, 0.1) is 11.4 Å². The number of nitrogens with zero attached hydrogens (tertiary/aromatic N) is 2. The molecule has 0 N–H and O–H groups in total. The summed E-state index contributed by atoms with van der Waals surface area (Å²) in [5.41, 5.74) is 4.52. The van der Waals surface area contributed by atoms with Crippen molar-refractivity contribution in [1.82, 2.24) is 4.98 Å². The normalized spacial score (nSPS) is 14.5. The first kappa shape index (κ1) is 6.53. The SMILES string of the molecule is CC1=Nc2cc(C)cnc2C1. The van der Waals surface area contributed by atoms with Gasteiger partial charge in [-0.15, -0.1) is 0 Å². The highest BCUT2D eigenvalue weighted by molar-refractivity contribution is 5.91. The van der Waals surface area contributed by atoms with Crippen molar-refractivity contribution in [3.63, 3.8) is 0 Å². The van der Waals surface area contributed by atoms with E-state index in [1.54, 1.807) is 0 Å². The number of rotatable bonds is 0. The Morgan fingerprint density at radius 1 is 1.36 bits per heavy atom. The van der Waals surface area contributed by atoms with Gasteiger partial charge in [-0.05, 0) is 25.5 Å². The molecular formula is C9H10N2. The van der Waals surface area contributed by atoms with Gasteiger partial charge in [0.2, 0.25) is 0 Å². The minimum absolute atomic E-state index is 0.926. The fourth-order valence-corrected chi connectivity index (χ4v) is 1.30. The molecule has 1 aliphatic heterocycles. The van der Waals surface area contributed by atoms with Crippen LogP contribution in [0.25, 0.3) is 0 Å². The molecular weight excluding hydrogens is 136 g/mol. The van der Waals surface area contributed by atoms with Crippen molar-refractivity contribution in [2.24, 2.45) is 4.99 Å². The van der Waals surface area contributed by atoms with E-state index in [0.717, 1.165) is 23.5 Å². The molecule has 11 heavy (non-hydrogen) atoms. The van der Waals surface area contributed by atoms with Crippen LogP contribution in [0.5, 0.6) is 0 Å². The molecule has 0 amide bonds. The van der Waals surface area contributed by atoms with Gasteiger partial charge in [-0.3, -0.25) is 9.98 Å². The minimum atomic E-state index is 0.926. The van der Waals surface area contributed by atoms with Gasteiger partial charge in [0, 0.05) is 18.3 Å². The highest BCUT2D eigenvalue weighted by Gasteiger charge is 2.11. The van der Waals surface area contributed by atoms with Crippen LogP contribution in [0.1, 0.15) is 18.2 Å². The van der Waals surface area contributed by atoms with Crippen molar-refractivity contribution >= 4 is 11.4 Å². The Morgan fingerprint density at radius 2 is 2.18 bits per heavy atom. The van der Waals surface area contributed by atoms with Gasteiger partial charge in [-0.1, -0.05) is 0 Å². The Labute approximate surface area is 66.0 Å². The molecule has 0 spiro atoms. The van der Waals surface area contributed by atoms with Crippen molar-refractivity contribution in [3.8, 4) is 0 Å². The number of pyridine rings is 1. The van der Waals surface area contributed by atoms with Gasteiger partial charge in [0.25, 0.3) is 0 Å². The number of aromatic nitrogens is 1. The van der Waals surface area contributed by atoms with Crippen molar-refractivity contribution < 1.29 is 0 Å². The van der Waals surface area contributed by atoms with Crippen molar-refractivity contribution in [1.29, 1.82) is 0 Å². The van der Waals surface area contributed by atoms with E-state index in [1.807, 2.05) is 20.0 Å². The van der Waals surface area contributed by atoms with Gasteiger partial charge in [-0.2, -0.15) is 0 Å². The average Bonchev–Trinajstić information content (AvgIpc) is 2.27. The van der Waals surface area contributed by atoms with Gasteiger partial charge in [0.1, 0.15) is 0 Å². The van der Waals surface area contributed by atoms with E-state index in [4.69, 9.17) is 0 Å². The number of fused-ring (bicyclic) bond motifs is 1. The van der Waals surface area contributed by atoms with E-state index in [2.05, 4.69) is 16.0 Å². The van der Waals surface area contributed by atoms with Gasteiger partial charge in [0.15, 0.2) is 0 Å². The number of hydrogen-bond acceptors (Lipinski definition) is 2. The maximum atomic E-state index is 4.37. The Kier molecular flexibility index (Phi) is 1.28. The molecule has 1 aromatic heterocycles. The maximum absolute atomic E-state index is 4.37. The monoisotopic (exact) mass is 146 g/mol. The van der Waals surface area contributed by atoms with Crippen LogP contribution >= 0.6 is 0 Å². The van der Waals surface area contributed by atoms with E-state index < -0.39 is 0 Å². The van der Waals surface area contributed by atoms with Gasteiger partial charge >= 0.3 is 0 Å². The predicted molar refractivity (Wildman–Crippen MR) is 45.4 cm³/mol. The van der Waals surface area contributed by atoms with E-state index in [0.29, 0.717) is 0 Å². The number of aliphatic imine (C=N–C) groups is 1. The zero-order valence-corrected chi connectivity index (χ0v) is 6.76. The lowest BCUT2D eigenvalue weighted by atomic mass is 10.2. The molecule has 2 heterocycles. The molecule has 0 saturated heterocycles. The minimum Gasteiger partial charge on any atom is -0.258 e. The quantitative estimate of drug-likeness (QED) is 0.549. The Hall–Kier alpha value is -1.18. The first-order valence-electron chi connectivity index (χ1n) is 3.75. The highest BCUT2D eigenvalue weighted by Crippen LogP contribution is 2.24. The first-order valence-corrected chi connectivity index (χ1v) is 3.75. The Balaban J connectivity index is 2.54. The zero-order chi connectivity index (χ0) is 7.84. The number of aryl methyl sites for hydroxylation is 1. The third-order valence-electron chi connectivity index (χ3n) is 1.82. The van der Waals surface area contributed by atoms with Crippen LogP contribution in [-0.4, -0.2) is 10.7 Å². The van der Waals surface area contributed by atoms with Crippen molar-refractivity contribution in [2.45, 2.75) is 20.3 Å². The van der Waals surface area contributed by atoms with Crippen LogP contribution in [0.3, 0.4) is 0 Å². The van der Waals surface area contributed by atoms with Crippen LogP contribution < -0.4 is 0 Å². The highest BCUT2D eigenvalue weighted by atomic mass is 14.8. The predicted octanol–water partition coefficient (Wildman–Crippen LogP) is 2.04. The second-order valence-corrected chi connectivity index (χ2v) is 3.00. The lowest BCUT2D eigenvalue weighted by Crippen LogP contribution is -1.91. The summed E-state index contributed by atoms with van der Waals surface area (Å²) in [5.74, 6) is 0. The second-order valence-electron chi connectivity index (χ2n) is 3.00. The van der Waals surface area contributed by atoms with E-state index in [9.17, 15) is 0 Å². The van der Waals surface area contributed by atoms with Crippen LogP contribution in [0.2, 0.25) is 0 Å². The maximum Gasteiger partial charge on any atom is 0.0850 e. The molecule has 1 aliphatic rings. The summed E-state index contributed by atoms with van der Waals surface area (Å²) in [5, 5.41) is 0. The summed E-state index contributed by atoms with van der Waals surface area (Å²) in [6.45, 7) is 4.08. The van der Waals surface area contributed by atoms with Crippen LogP contribution in [0.15, 0.2) is 17.3 Å². The summed E-state index contributed by atoms with van der Waals surface area (Å²) in [6, 6.07) is 2.08. The fourth-order valence-electron chi connectivity index (χ4n) is 1.30. The lowest BCUT2D eigenvalue weighted by molar-refractivity contribution is 1.15. The molecule has 0 unspecified atom stereocenters. The molecule has 1 aromatic rings. The van der Waals surface area contributed by atoms with E-state index >= 15 is 0 Å². The molecule has 56 valence electrons. The van der Waals surface area contributed by atoms with Crippen LogP contribution in [0.4, 0.5) is 5.69 Å². The molecule has 0 atom stereocenters. The van der Waals surface area contributed by atoms with Gasteiger partial charge < -0.3 is 0 Å². The van der Waals surface area contributed by atoms with Crippen molar-refractivity contribution in [2.75, 3.05) is 0 Å². The molecule has 2 heteroatoms. The third kappa shape index (κ3) is 1.04. The van der Waals surface area contributed by atoms with Crippen molar-refractivity contribution in [3.05, 3.63) is 23.5 Å². The summed E-state index contributed by atoms with van der Waals surface area (Å²) >= 11 is 0. The standard InChI is InChI=1S/C9H10N2/c1-6-3-9-8(10-5-6)4-7(2)11-9/h3,5H,4H2,1-2H3. The summed E-state index contributed by atoms with van der Waals surface area (Å²) in [6.07, 6.45) is 2.82. The third-order valence-corrected chi connectivity index (χ3v) is 1.82. The van der Waals surface area contributed by atoms with Crippen LogP contribution in [-0.2, 0) is 6.42 Å². The van der Waals surface area contributed by atoms with Gasteiger partial charge in [-0.25, -0.2) is 0 Å². The molecule has 0 saturated carbocycles. The second kappa shape index (κ2) is 2.16. The molecule has 0 aliphatic carbocycles. The summed E-state index contributed by atoms with van der Waals surface area (Å²) in [4.78, 5) is 8.66. The summed E-state index contributed by atoms with van der Waals surface area (Å²) < 4.78 is 0. The molecule has 0 aromatic carbocycles. The number of hydrogen-bond donors (Lipinski definition) is 0. The molecule has 0 radical (unpaired) electrons. The van der Waals surface area contributed by atoms with Crippen LogP contribution in [0, 0.1) is 6.92 Å². The fraction of sp³-hybridized carbons (Fsp3) is 0.333. The molecule has 2 rings (SSSR count). The molecule has 0 bridgehead atoms.